The average molecular weight is 883 g/mol. The first kappa shape index (κ1) is 53.5. The second-order valence-corrected chi connectivity index (χ2v) is 16.0. The van der Waals surface area contributed by atoms with Gasteiger partial charge in [-0.1, -0.05) is 0 Å². The van der Waals surface area contributed by atoms with Gasteiger partial charge in [0.15, 0.2) is 12.5 Å². The zero-order valence-electron chi connectivity index (χ0n) is 35.5. The van der Waals surface area contributed by atoms with E-state index in [-0.39, 0.29) is 45.2 Å². The zero-order chi connectivity index (χ0) is 46.1. The maximum atomic E-state index is 13.5. The zero-order valence-corrected chi connectivity index (χ0v) is 35.5. The summed E-state index contributed by atoms with van der Waals surface area (Å²) >= 11 is 0. The van der Waals surface area contributed by atoms with Gasteiger partial charge in [-0.25, -0.2) is 0 Å². The summed E-state index contributed by atoms with van der Waals surface area (Å²) in [6.07, 6.45) is -12.1. The average Bonchev–Trinajstić information content (AvgIpc) is 3.18. The minimum atomic E-state index is -1.69. The van der Waals surface area contributed by atoms with Crippen LogP contribution in [-0.2, 0) is 52.5 Å². The number of hydrogen-bond acceptors (Lipinski definition) is 18. The van der Waals surface area contributed by atoms with E-state index in [0.29, 0.717) is 12.8 Å². The summed E-state index contributed by atoms with van der Waals surface area (Å²) in [5.74, 6) is -4.31. The van der Waals surface area contributed by atoms with Gasteiger partial charge in [0.1, 0.15) is 61.4 Å². The maximum Gasteiger partial charge on any atom is 0.246 e. The summed E-state index contributed by atoms with van der Waals surface area (Å²) in [5.41, 5.74) is -1.37. The molecule has 0 aliphatic carbocycles. The highest BCUT2D eigenvalue weighted by Gasteiger charge is 2.47. The lowest BCUT2D eigenvalue weighted by molar-refractivity contribution is -0.268. The molecule has 2 fully saturated rings. The Kier molecular flexibility index (Phi) is 22.3. The highest BCUT2D eigenvalue weighted by Crippen LogP contribution is 2.24. The Morgan fingerprint density at radius 2 is 1.21 bits per heavy atom. The second kappa shape index (κ2) is 25.4. The van der Waals surface area contributed by atoms with Crippen molar-refractivity contribution >= 4 is 35.4 Å². The van der Waals surface area contributed by atoms with Gasteiger partial charge in [0.25, 0.3) is 0 Å². The number of aliphatic hydroxyl groups excluding tert-OH is 7. The molecule has 24 heteroatoms. The van der Waals surface area contributed by atoms with Crippen LogP contribution in [0.4, 0.5) is 0 Å². The van der Waals surface area contributed by atoms with Crippen molar-refractivity contribution < 1.29 is 88.2 Å². The predicted octanol–water partition coefficient (Wildman–Crippen LogP) is -6.13. The van der Waals surface area contributed by atoms with E-state index in [1.165, 1.54) is 0 Å². The quantitative estimate of drug-likeness (QED) is 0.0380. The van der Waals surface area contributed by atoms with Crippen molar-refractivity contribution in [2.24, 2.45) is 0 Å². The highest BCUT2D eigenvalue weighted by molar-refractivity contribution is 5.92. The Morgan fingerprint density at radius 1 is 0.656 bits per heavy atom. The Hall–Kier alpha value is -3.66. The monoisotopic (exact) mass is 882 g/mol. The topological polar surface area (TPSA) is 362 Å². The van der Waals surface area contributed by atoms with E-state index < -0.39 is 134 Å². The van der Waals surface area contributed by atoms with Gasteiger partial charge in [0, 0.05) is 33.4 Å². The maximum absolute atomic E-state index is 13.5. The van der Waals surface area contributed by atoms with Crippen LogP contribution in [0.2, 0.25) is 0 Å². The Balaban J connectivity index is 2.12. The van der Waals surface area contributed by atoms with Crippen LogP contribution in [0.5, 0.6) is 0 Å². The lowest BCUT2D eigenvalue weighted by atomic mass is 9.95. The molecule has 2 aliphatic heterocycles. The van der Waals surface area contributed by atoms with E-state index in [1.54, 1.807) is 13.8 Å². The van der Waals surface area contributed by atoms with Crippen LogP contribution in [0.25, 0.3) is 0 Å². The molecule has 0 bridgehead atoms. The smallest absolute Gasteiger partial charge is 0.246 e. The Bertz CT molecular complexity index is 1440. The molecule has 0 radical (unpaired) electrons. The molecule has 0 spiro atoms. The van der Waals surface area contributed by atoms with Crippen LogP contribution in [-0.4, -0.2) is 202 Å². The lowest BCUT2D eigenvalue weighted by Gasteiger charge is -2.42. The number of ether oxygens (including phenoxy) is 5. The number of hydrogen-bond donors (Lipinski definition) is 13. The molecule has 61 heavy (non-hydrogen) atoms. The van der Waals surface area contributed by atoms with E-state index in [1.807, 2.05) is 13.8 Å². The summed E-state index contributed by atoms with van der Waals surface area (Å²) < 4.78 is 28.4. The molecule has 2 aliphatic rings. The molecular formula is C37H66N6O18. The summed E-state index contributed by atoms with van der Waals surface area (Å²) in [5, 5.41) is 84.5. The second-order valence-electron chi connectivity index (χ2n) is 16.0. The number of amides is 6. The molecule has 11 atom stereocenters. The van der Waals surface area contributed by atoms with Crippen LogP contribution in [0.3, 0.4) is 0 Å². The van der Waals surface area contributed by atoms with Crippen molar-refractivity contribution in [1.82, 2.24) is 31.9 Å². The fourth-order valence-electron chi connectivity index (χ4n) is 6.29. The van der Waals surface area contributed by atoms with Gasteiger partial charge in [-0.15, -0.1) is 0 Å². The van der Waals surface area contributed by atoms with E-state index in [4.69, 9.17) is 28.8 Å². The summed E-state index contributed by atoms with van der Waals surface area (Å²) in [6, 6.07) is -4.39. The van der Waals surface area contributed by atoms with Crippen LogP contribution in [0.1, 0.15) is 67.2 Å². The molecule has 24 nitrogen and oxygen atoms in total. The van der Waals surface area contributed by atoms with Gasteiger partial charge in [-0.2, -0.15) is 0 Å². The molecule has 0 aromatic carbocycles. The molecule has 2 rings (SSSR count). The molecule has 10 unspecified atom stereocenters. The number of carbonyl (C=O) groups is 6. The Labute approximate surface area is 353 Å². The van der Waals surface area contributed by atoms with E-state index >= 15 is 0 Å². The van der Waals surface area contributed by atoms with Crippen molar-refractivity contribution in [2.75, 3.05) is 52.7 Å². The van der Waals surface area contributed by atoms with Gasteiger partial charge in [-0.3, -0.25) is 28.8 Å². The van der Waals surface area contributed by atoms with Gasteiger partial charge >= 0.3 is 0 Å². The van der Waals surface area contributed by atoms with Crippen molar-refractivity contribution in [3.8, 4) is 0 Å². The van der Waals surface area contributed by atoms with Crippen LogP contribution in [0.15, 0.2) is 0 Å². The number of carbonyl (C=O) groups excluding carboxylic acids is 6. The largest absolute Gasteiger partial charge is 0.395 e. The van der Waals surface area contributed by atoms with Crippen molar-refractivity contribution in [3.05, 3.63) is 0 Å². The van der Waals surface area contributed by atoms with Crippen molar-refractivity contribution in [3.63, 3.8) is 0 Å². The molecule has 2 heterocycles. The van der Waals surface area contributed by atoms with Crippen LogP contribution < -0.4 is 31.9 Å². The molecule has 0 saturated carbocycles. The third-order valence-corrected chi connectivity index (χ3v) is 9.75. The third-order valence-electron chi connectivity index (χ3n) is 9.75. The predicted molar refractivity (Wildman–Crippen MR) is 208 cm³/mol. The number of rotatable bonds is 25. The van der Waals surface area contributed by atoms with Crippen molar-refractivity contribution in [2.45, 2.75) is 146 Å². The normalized spacial score (nSPS) is 27.3. The van der Waals surface area contributed by atoms with E-state index in [9.17, 15) is 59.4 Å². The van der Waals surface area contributed by atoms with Gasteiger partial charge in [0.05, 0.1) is 50.7 Å². The molecular weight excluding hydrogens is 816 g/mol. The molecule has 0 aromatic heterocycles. The summed E-state index contributed by atoms with van der Waals surface area (Å²) in [6.45, 7) is 7.28. The van der Waals surface area contributed by atoms with Crippen LogP contribution >= 0.6 is 0 Å². The summed E-state index contributed by atoms with van der Waals surface area (Å²) in [4.78, 5) is 75.7. The first-order chi connectivity index (χ1) is 28.5. The fourth-order valence-corrected chi connectivity index (χ4v) is 6.29. The molecule has 2 saturated heterocycles. The SMILES string of the molecule is CC(=O)NC1C(NC(=O)C[C@H](NC(=O)COC2OC(CO)C(O)C(O)C2NC(C)=O)C(=O)NCCOC(C)(C)CCOC(C)(C)CCC(=O)NCCO)OC(CO)C(O)C1O. The van der Waals surface area contributed by atoms with Gasteiger partial charge < -0.3 is 91.3 Å². The summed E-state index contributed by atoms with van der Waals surface area (Å²) in [7, 11) is 0. The minimum Gasteiger partial charge on any atom is -0.395 e. The fraction of sp³-hybridized carbons (Fsp3) is 0.838. The molecule has 0 aromatic rings. The standard InChI is InChI=1S/C37H66N6O18/c1-19(47)40-27-31(54)29(52)22(16-45)60-34(27)43-25(50)15-21(42-26(51)18-57-35-28(41-20(2)48)32(55)30(53)23(17-46)61-35)33(56)39-11-14-59-37(5,6)9-13-58-36(3,4)8-7-24(49)38-10-12-44/h21-23,27-32,34-35,44-46,52-55H,7-18H2,1-6H3,(H,38,49)(H,39,56)(H,40,47)(H,41,48)(H,42,51)(H,43,50)/t21-,22?,23?,27?,28?,29?,30?,31?,32?,34?,35?/m0/s1. The van der Waals surface area contributed by atoms with Crippen LogP contribution in [0, 0.1) is 0 Å². The molecule has 6 amide bonds. The van der Waals surface area contributed by atoms with E-state index in [0.717, 1.165) is 13.8 Å². The number of aliphatic hydroxyl groups is 7. The molecule has 13 N–H and O–H groups in total. The lowest BCUT2D eigenvalue weighted by Crippen LogP contribution is -2.68. The highest BCUT2D eigenvalue weighted by atomic mass is 16.7. The molecule has 352 valence electrons. The minimum absolute atomic E-state index is 0.0238. The number of nitrogens with one attached hydrogen (secondary N) is 6. The van der Waals surface area contributed by atoms with Crippen molar-refractivity contribution in [1.29, 1.82) is 0 Å². The third kappa shape index (κ3) is 18.3. The first-order valence-corrected chi connectivity index (χ1v) is 20.0. The van der Waals surface area contributed by atoms with Gasteiger partial charge in [-0.05, 0) is 40.5 Å². The first-order valence-electron chi connectivity index (χ1n) is 20.0. The van der Waals surface area contributed by atoms with E-state index in [2.05, 4.69) is 31.9 Å². The Morgan fingerprint density at radius 3 is 1.80 bits per heavy atom. The van der Waals surface area contributed by atoms with Gasteiger partial charge in [0.2, 0.25) is 35.4 Å².